The molecule has 0 saturated heterocycles. The topological polar surface area (TPSA) is 70.6 Å². The first-order valence-electron chi connectivity index (χ1n) is 6.68. The van der Waals surface area contributed by atoms with E-state index in [0.717, 1.165) is 19.2 Å². The quantitative estimate of drug-likeness (QED) is 0.782. The molecule has 1 aromatic heterocycles. The molecule has 1 heterocycles. The van der Waals surface area contributed by atoms with E-state index in [-0.39, 0.29) is 12.2 Å². The zero-order valence-electron chi connectivity index (χ0n) is 12.5. The smallest absolute Gasteiger partial charge is 0.319 e. The molecule has 2 amide bonds. The molecule has 0 aliphatic rings. The van der Waals surface area contributed by atoms with Crippen LogP contribution >= 0.6 is 11.3 Å². The highest BCUT2D eigenvalue weighted by Gasteiger charge is 2.25. The van der Waals surface area contributed by atoms with Gasteiger partial charge in [-0.05, 0) is 18.4 Å². The van der Waals surface area contributed by atoms with Gasteiger partial charge in [0.1, 0.15) is 5.60 Å². The van der Waals surface area contributed by atoms with Crippen LogP contribution in [-0.2, 0) is 5.60 Å². The third-order valence-corrected chi connectivity index (χ3v) is 4.23. The first-order valence-corrected chi connectivity index (χ1v) is 7.55. The van der Waals surface area contributed by atoms with Crippen molar-refractivity contribution in [3.63, 3.8) is 0 Å². The average molecular weight is 342 g/mol. The maximum Gasteiger partial charge on any atom is 0.319 e. The fourth-order valence-corrected chi connectivity index (χ4v) is 2.71. The number of hydrogen-bond donors (Lipinski definition) is 3. The lowest BCUT2D eigenvalue weighted by atomic mass is 10.1. The summed E-state index contributed by atoms with van der Waals surface area (Å²) in [5, 5.41) is 16.8. The first kappa shape index (κ1) is 17.2. The minimum atomic E-state index is -1.23. The second kappa shape index (κ2) is 6.93. The van der Waals surface area contributed by atoms with Gasteiger partial charge in [-0.2, -0.15) is 0 Å². The van der Waals surface area contributed by atoms with E-state index in [1.165, 1.54) is 11.3 Å². The van der Waals surface area contributed by atoms with Gasteiger partial charge in [0.05, 0.1) is 13.7 Å². The second-order valence-corrected chi connectivity index (χ2v) is 5.98. The molecular weight excluding hydrogens is 326 g/mol. The van der Waals surface area contributed by atoms with Gasteiger partial charge in [0.15, 0.2) is 17.4 Å². The predicted molar refractivity (Wildman–Crippen MR) is 83.8 cm³/mol. The van der Waals surface area contributed by atoms with Crippen molar-refractivity contribution in [1.82, 2.24) is 5.32 Å². The average Bonchev–Trinajstić information content (AvgIpc) is 3.00. The molecule has 2 aromatic rings. The van der Waals surface area contributed by atoms with Gasteiger partial charge in [-0.3, -0.25) is 0 Å². The molecular formula is C15H16F2N2O3S. The number of methoxy groups -OCH3 is 1. The summed E-state index contributed by atoms with van der Waals surface area (Å²) < 4.78 is 31.7. The van der Waals surface area contributed by atoms with E-state index in [9.17, 15) is 18.7 Å². The lowest BCUT2D eigenvalue weighted by molar-refractivity contribution is 0.0637. The number of nitrogens with one attached hydrogen (secondary N) is 2. The highest BCUT2D eigenvalue weighted by Crippen LogP contribution is 2.26. The fraction of sp³-hybridized carbons (Fsp3) is 0.267. The zero-order chi connectivity index (χ0) is 17.0. The molecule has 1 aromatic carbocycles. The molecule has 0 radical (unpaired) electrons. The Hall–Kier alpha value is -2.19. The minimum Gasteiger partial charge on any atom is -0.491 e. The number of hydrogen-bond acceptors (Lipinski definition) is 4. The van der Waals surface area contributed by atoms with Crippen LogP contribution in [0, 0.1) is 11.6 Å². The van der Waals surface area contributed by atoms with E-state index in [1.807, 2.05) is 5.38 Å². The molecule has 0 fully saturated rings. The molecule has 23 heavy (non-hydrogen) atoms. The van der Waals surface area contributed by atoms with Crippen LogP contribution in [0.3, 0.4) is 0 Å². The van der Waals surface area contributed by atoms with Crippen LogP contribution in [0.15, 0.2) is 29.6 Å². The van der Waals surface area contributed by atoms with Crippen LogP contribution in [-0.4, -0.2) is 24.8 Å². The van der Waals surface area contributed by atoms with Crippen molar-refractivity contribution in [2.45, 2.75) is 12.5 Å². The van der Waals surface area contributed by atoms with Crippen LogP contribution in [0.4, 0.5) is 19.3 Å². The molecule has 3 N–H and O–H groups in total. The molecule has 0 aliphatic carbocycles. The number of thiophene rings is 1. The molecule has 124 valence electrons. The number of rotatable bonds is 5. The lowest BCUT2D eigenvalue weighted by Gasteiger charge is -2.22. The van der Waals surface area contributed by atoms with Crippen LogP contribution in [0.5, 0.6) is 5.75 Å². The molecule has 1 atom stereocenters. The molecule has 8 heteroatoms. The van der Waals surface area contributed by atoms with Crippen molar-refractivity contribution in [3.05, 3.63) is 46.2 Å². The number of amides is 2. The van der Waals surface area contributed by atoms with Crippen molar-refractivity contribution < 1.29 is 23.4 Å². The Kier molecular flexibility index (Phi) is 5.17. The molecule has 0 bridgehead atoms. The molecule has 0 unspecified atom stereocenters. The standard InChI is InChI=1S/C15H16F2N2O3S/c1-15(21,12-4-3-5-23-12)8-18-14(20)19-9-6-10(16)13(22-2)11(17)7-9/h3-7,21H,8H2,1-2H3,(H2,18,19,20)/t15-/m1/s1. The van der Waals surface area contributed by atoms with Crippen molar-refractivity contribution in [2.75, 3.05) is 19.0 Å². The Balaban J connectivity index is 1.98. The summed E-state index contributed by atoms with van der Waals surface area (Å²) in [6.45, 7) is 1.51. The van der Waals surface area contributed by atoms with E-state index in [1.54, 1.807) is 19.1 Å². The zero-order valence-corrected chi connectivity index (χ0v) is 13.3. The minimum absolute atomic E-state index is 0.0551. The van der Waals surface area contributed by atoms with Crippen molar-refractivity contribution in [1.29, 1.82) is 0 Å². The van der Waals surface area contributed by atoms with Crippen molar-refractivity contribution >= 4 is 23.1 Å². The molecule has 0 spiro atoms. The number of aliphatic hydroxyl groups is 1. The number of urea groups is 1. The van der Waals surface area contributed by atoms with Gasteiger partial charge in [0.25, 0.3) is 0 Å². The highest BCUT2D eigenvalue weighted by molar-refractivity contribution is 7.10. The van der Waals surface area contributed by atoms with Crippen molar-refractivity contribution in [3.8, 4) is 5.75 Å². The van der Waals surface area contributed by atoms with Crippen LogP contribution < -0.4 is 15.4 Å². The monoisotopic (exact) mass is 342 g/mol. The number of anilines is 1. The Morgan fingerprint density at radius 3 is 2.57 bits per heavy atom. The Morgan fingerprint density at radius 2 is 2.04 bits per heavy atom. The van der Waals surface area contributed by atoms with E-state index in [2.05, 4.69) is 15.4 Å². The summed E-state index contributed by atoms with van der Waals surface area (Å²) in [4.78, 5) is 12.5. The Morgan fingerprint density at radius 1 is 1.39 bits per heavy atom. The summed E-state index contributed by atoms with van der Waals surface area (Å²) in [6, 6.07) is 4.74. The lowest BCUT2D eigenvalue weighted by Crippen LogP contribution is -2.40. The number of benzene rings is 1. The summed E-state index contributed by atoms with van der Waals surface area (Å²) in [7, 11) is 1.15. The number of carbonyl (C=O) groups excluding carboxylic acids is 1. The number of ether oxygens (including phenoxy) is 1. The highest BCUT2D eigenvalue weighted by atomic mass is 32.1. The van der Waals surface area contributed by atoms with E-state index < -0.39 is 29.0 Å². The Labute approximate surface area is 135 Å². The summed E-state index contributed by atoms with van der Waals surface area (Å²) in [5.74, 6) is -2.36. The third kappa shape index (κ3) is 4.17. The van der Waals surface area contributed by atoms with Crippen LogP contribution in [0.25, 0.3) is 0 Å². The van der Waals surface area contributed by atoms with Crippen LogP contribution in [0.1, 0.15) is 11.8 Å². The van der Waals surface area contributed by atoms with Crippen molar-refractivity contribution in [2.24, 2.45) is 0 Å². The molecule has 0 aliphatic heterocycles. The Bertz CT molecular complexity index is 667. The van der Waals surface area contributed by atoms with Gasteiger partial charge in [-0.1, -0.05) is 6.07 Å². The number of carbonyl (C=O) groups is 1. The summed E-state index contributed by atoms with van der Waals surface area (Å²) in [5.41, 5.74) is -1.30. The van der Waals surface area contributed by atoms with Gasteiger partial charge in [0, 0.05) is 22.7 Å². The van der Waals surface area contributed by atoms with E-state index in [0.29, 0.717) is 4.88 Å². The van der Waals surface area contributed by atoms with Gasteiger partial charge < -0.3 is 20.5 Å². The SMILES string of the molecule is COc1c(F)cc(NC(=O)NC[C@@](C)(O)c2cccs2)cc1F. The van der Waals surface area contributed by atoms with E-state index in [4.69, 9.17) is 0 Å². The van der Waals surface area contributed by atoms with Crippen LogP contribution in [0.2, 0.25) is 0 Å². The van der Waals surface area contributed by atoms with Gasteiger partial charge in [-0.25, -0.2) is 13.6 Å². The third-order valence-electron chi connectivity index (χ3n) is 3.11. The fourth-order valence-electron chi connectivity index (χ4n) is 1.93. The van der Waals surface area contributed by atoms with Gasteiger partial charge in [0.2, 0.25) is 0 Å². The number of halogens is 2. The maximum absolute atomic E-state index is 13.5. The van der Waals surface area contributed by atoms with Gasteiger partial charge >= 0.3 is 6.03 Å². The molecule has 2 rings (SSSR count). The second-order valence-electron chi connectivity index (χ2n) is 5.03. The normalized spacial score (nSPS) is 13.3. The first-order chi connectivity index (χ1) is 10.8. The largest absolute Gasteiger partial charge is 0.491 e. The maximum atomic E-state index is 13.5. The molecule has 0 saturated carbocycles. The summed E-state index contributed by atoms with van der Waals surface area (Å²) >= 11 is 1.36. The van der Waals surface area contributed by atoms with Gasteiger partial charge in [-0.15, -0.1) is 11.3 Å². The molecule has 5 nitrogen and oxygen atoms in total. The predicted octanol–water partition coefficient (Wildman–Crippen LogP) is 3.06. The summed E-state index contributed by atoms with van der Waals surface area (Å²) in [6.07, 6.45) is 0. The van der Waals surface area contributed by atoms with E-state index >= 15 is 0 Å².